The van der Waals surface area contributed by atoms with Crippen LogP contribution in [0, 0.1) is 0 Å². The van der Waals surface area contributed by atoms with Gasteiger partial charge in [0.05, 0.1) is 0 Å². The summed E-state index contributed by atoms with van der Waals surface area (Å²) in [6.07, 6.45) is 4.57. The Kier molecular flexibility index (Phi) is 7.48. The fraction of sp³-hybridized carbons (Fsp3) is 0.857. The number of hydrogen-bond acceptors (Lipinski definition) is 2. The van der Waals surface area contributed by atoms with Crippen molar-refractivity contribution in [2.45, 2.75) is 58.9 Å². The molecule has 0 radical (unpaired) electrons. The summed E-state index contributed by atoms with van der Waals surface area (Å²) in [6, 6.07) is 0. The highest BCUT2D eigenvalue weighted by atomic mass is 15.1. The third-order valence-corrected chi connectivity index (χ3v) is 3.34. The van der Waals surface area contributed by atoms with Crippen LogP contribution in [-0.2, 0) is 0 Å². The molecule has 2 heteroatoms. The van der Waals surface area contributed by atoms with Gasteiger partial charge in [-0.25, -0.2) is 0 Å². The molecule has 16 heavy (non-hydrogen) atoms. The van der Waals surface area contributed by atoms with Crippen LogP contribution in [0.25, 0.3) is 0 Å². The van der Waals surface area contributed by atoms with E-state index in [-0.39, 0.29) is 5.54 Å². The van der Waals surface area contributed by atoms with Gasteiger partial charge < -0.3 is 10.2 Å². The molecule has 0 aliphatic rings. The number of hydrogen-bond donors (Lipinski definition) is 1. The van der Waals surface area contributed by atoms with E-state index in [0.29, 0.717) is 0 Å². The van der Waals surface area contributed by atoms with Crippen LogP contribution >= 0.6 is 0 Å². The molecule has 1 N–H and O–H groups in total. The van der Waals surface area contributed by atoms with E-state index in [0.717, 1.165) is 25.1 Å². The van der Waals surface area contributed by atoms with Gasteiger partial charge in [-0.3, -0.25) is 0 Å². The first kappa shape index (κ1) is 15.5. The second kappa shape index (κ2) is 7.72. The van der Waals surface area contributed by atoms with Gasteiger partial charge in [-0.1, -0.05) is 27.4 Å². The molecule has 0 saturated carbocycles. The van der Waals surface area contributed by atoms with Gasteiger partial charge in [0.25, 0.3) is 0 Å². The molecule has 0 spiro atoms. The van der Waals surface area contributed by atoms with Crippen LogP contribution in [0.2, 0.25) is 0 Å². The molecule has 0 aliphatic heterocycles. The predicted molar refractivity (Wildman–Crippen MR) is 73.7 cm³/mol. The maximum atomic E-state index is 4.04. The van der Waals surface area contributed by atoms with Crippen LogP contribution in [0.3, 0.4) is 0 Å². The van der Waals surface area contributed by atoms with E-state index in [1.54, 1.807) is 0 Å². The summed E-state index contributed by atoms with van der Waals surface area (Å²) in [5, 5.41) is 3.57. The molecule has 0 aromatic carbocycles. The lowest BCUT2D eigenvalue weighted by molar-refractivity contribution is 0.260. The summed E-state index contributed by atoms with van der Waals surface area (Å²) in [4.78, 5) is 2.41. The van der Waals surface area contributed by atoms with Gasteiger partial charge >= 0.3 is 0 Å². The minimum atomic E-state index is 0.203. The Morgan fingerprint density at radius 1 is 1.25 bits per heavy atom. The van der Waals surface area contributed by atoms with E-state index in [1.165, 1.54) is 19.4 Å². The lowest BCUT2D eigenvalue weighted by Gasteiger charge is -2.33. The highest BCUT2D eigenvalue weighted by Gasteiger charge is 2.21. The summed E-state index contributed by atoms with van der Waals surface area (Å²) >= 11 is 0. The quantitative estimate of drug-likeness (QED) is 0.648. The van der Waals surface area contributed by atoms with Crippen molar-refractivity contribution in [1.29, 1.82) is 0 Å². The molecule has 0 aliphatic carbocycles. The molecule has 1 atom stereocenters. The fourth-order valence-electron chi connectivity index (χ4n) is 1.77. The van der Waals surface area contributed by atoms with Crippen LogP contribution in [0.5, 0.6) is 0 Å². The van der Waals surface area contributed by atoms with Crippen molar-refractivity contribution in [2.75, 3.05) is 20.1 Å². The monoisotopic (exact) mass is 226 g/mol. The molecule has 0 bridgehead atoms. The first-order chi connectivity index (χ1) is 7.47. The normalized spacial score (nSPS) is 14.9. The predicted octanol–water partition coefficient (Wildman–Crippen LogP) is 3.40. The van der Waals surface area contributed by atoms with Gasteiger partial charge in [0, 0.05) is 17.8 Å². The Labute approximate surface area is 102 Å². The third-order valence-electron chi connectivity index (χ3n) is 3.34. The van der Waals surface area contributed by atoms with Crippen molar-refractivity contribution < 1.29 is 0 Å². The highest BCUT2D eigenvalue weighted by Crippen LogP contribution is 2.17. The first-order valence-corrected chi connectivity index (χ1v) is 6.62. The van der Waals surface area contributed by atoms with Crippen molar-refractivity contribution in [3.63, 3.8) is 0 Å². The molecule has 0 rings (SSSR count). The van der Waals surface area contributed by atoms with E-state index in [1.807, 2.05) is 0 Å². The van der Waals surface area contributed by atoms with Gasteiger partial charge in [0.2, 0.25) is 0 Å². The summed E-state index contributed by atoms with van der Waals surface area (Å²) in [7, 11) is 2.20. The maximum Gasteiger partial charge on any atom is 0.0352 e. The zero-order valence-corrected chi connectivity index (χ0v) is 11.9. The van der Waals surface area contributed by atoms with Crippen LogP contribution < -0.4 is 5.32 Å². The summed E-state index contributed by atoms with van der Waals surface area (Å²) in [5.41, 5.74) is 1.36. The second-order valence-electron chi connectivity index (χ2n) is 5.05. The Bertz CT molecular complexity index is 201. The van der Waals surface area contributed by atoms with E-state index in [4.69, 9.17) is 0 Å². The number of rotatable bonds is 9. The maximum absolute atomic E-state index is 4.04. The molecule has 0 fully saturated rings. The summed E-state index contributed by atoms with van der Waals surface area (Å²) < 4.78 is 0. The molecule has 1 unspecified atom stereocenters. The van der Waals surface area contributed by atoms with Gasteiger partial charge in [0.1, 0.15) is 0 Å². The van der Waals surface area contributed by atoms with Crippen molar-refractivity contribution >= 4 is 0 Å². The zero-order valence-electron chi connectivity index (χ0n) is 11.9. The Hall–Kier alpha value is -0.500. The molecule has 0 heterocycles. The highest BCUT2D eigenvalue weighted by molar-refractivity contribution is 4.98. The average Bonchev–Trinajstić information content (AvgIpc) is 2.27. The van der Waals surface area contributed by atoms with E-state index in [9.17, 15) is 0 Å². The Balaban J connectivity index is 4.10. The standard InChI is InChI=1S/C14H30N2/c1-7-11-16(6)12-10-14(5,9-3)15-13(4)8-2/h15H,4,7-12H2,1-3,5-6H3. The lowest BCUT2D eigenvalue weighted by Crippen LogP contribution is -2.43. The molecule has 0 saturated heterocycles. The summed E-state index contributed by atoms with van der Waals surface area (Å²) in [6.45, 7) is 15.3. The van der Waals surface area contributed by atoms with E-state index >= 15 is 0 Å². The van der Waals surface area contributed by atoms with Gasteiger partial charge in [-0.2, -0.15) is 0 Å². The number of nitrogens with zero attached hydrogens (tertiary/aromatic N) is 1. The SMILES string of the molecule is C=C(CC)NC(C)(CC)CCN(C)CCC. The first-order valence-electron chi connectivity index (χ1n) is 6.62. The smallest absolute Gasteiger partial charge is 0.0352 e. The minimum absolute atomic E-state index is 0.203. The largest absolute Gasteiger partial charge is 0.384 e. The lowest BCUT2D eigenvalue weighted by atomic mass is 9.93. The molecular weight excluding hydrogens is 196 g/mol. The van der Waals surface area contributed by atoms with E-state index in [2.05, 4.69) is 51.5 Å². The number of nitrogens with one attached hydrogen (secondary N) is 1. The van der Waals surface area contributed by atoms with E-state index < -0.39 is 0 Å². The van der Waals surface area contributed by atoms with Gasteiger partial charge in [-0.15, -0.1) is 0 Å². The summed E-state index contributed by atoms with van der Waals surface area (Å²) in [5.74, 6) is 0. The Morgan fingerprint density at radius 2 is 1.88 bits per heavy atom. The van der Waals surface area contributed by atoms with Crippen molar-refractivity contribution in [2.24, 2.45) is 0 Å². The van der Waals surface area contributed by atoms with Crippen LogP contribution in [0.15, 0.2) is 12.3 Å². The Morgan fingerprint density at radius 3 is 2.31 bits per heavy atom. The van der Waals surface area contributed by atoms with Crippen molar-refractivity contribution in [3.05, 3.63) is 12.3 Å². The second-order valence-corrected chi connectivity index (χ2v) is 5.05. The molecule has 96 valence electrons. The average molecular weight is 226 g/mol. The van der Waals surface area contributed by atoms with Crippen LogP contribution in [0.4, 0.5) is 0 Å². The zero-order chi connectivity index (χ0) is 12.6. The van der Waals surface area contributed by atoms with Gasteiger partial charge in [0.15, 0.2) is 0 Å². The van der Waals surface area contributed by atoms with Crippen LogP contribution in [-0.4, -0.2) is 30.6 Å². The van der Waals surface area contributed by atoms with Crippen molar-refractivity contribution in [1.82, 2.24) is 10.2 Å². The topological polar surface area (TPSA) is 15.3 Å². The fourth-order valence-corrected chi connectivity index (χ4v) is 1.77. The molecule has 2 nitrogen and oxygen atoms in total. The van der Waals surface area contributed by atoms with Crippen LogP contribution in [0.1, 0.15) is 53.4 Å². The third kappa shape index (κ3) is 6.16. The van der Waals surface area contributed by atoms with Gasteiger partial charge in [-0.05, 0) is 46.2 Å². The molecule has 0 aromatic heterocycles. The minimum Gasteiger partial charge on any atom is -0.384 e. The molecule has 0 aromatic rings. The molecular formula is C14H30N2. The molecule has 0 amide bonds. The number of allylic oxidation sites excluding steroid dienone is 1. The van der Waals surface area contributed by atoms with Crippen molar-refractivity contribution in [3.8, 4) is 0 Å².